The fourth-order valence-electron chi connectivity index (χ4n) is 4.49. The van der Waals surface area contributed by atoms with E-state index < -0.39 is 0 Å². The number of ether oxygens (including phenoxy) is 1. The number of nitrogens with one attached hydrogen (secondary N) is 1. The van der Waals surface area contributed by atoms with Gasteiger partial charge in [0.05, 0.1) is 29.1 Å². The van der Waals surface area contributed by atoms with Crippen LogP contribution in [-0.4, -0.2) is 32.5 Å². The molecule has 0 radical (unpaired) electrons. The van der Waals surface area contributed by atoms with Gasteiger partial charge in [0.25, 0.3) is 5.91 Å². The number of imidazole rings is 1. The summed E-state index contributed by atoms with van der Waals surface area (Å²) < 4.78 is 9.40. The maximum Gasteiger partial charge on any atom is 0.262 e. The van der Waals surface area contributed by atoms with E-state index in [1.165, 1.54) is 11.3 Å². The molecule has 1 amide bonds. The number of anilines is 1. The summed E-state index contributed by atoms with van der Waals surface area (Å²) >= 11 is 1.52. The fourth-order valence-corrected chi connectivity index (χ4v) is 5.32. The maximum absolute atomic E-state index is 11.9. The highest BCUT2D eigenvalue weighted by Crippen LogP contribution is 2.33. The fraction of sp³-hybridized carbons (Fsp3) is 0.133. The smallest absolute Gasteiger partial charge is 0.262 e. The minimum Gasteiger partial charge on any atom is -0.482 e. The third kappa shape index (κ3) is 4.92. The molecule has 0 saturated carbocycles. The molecule has 194 valence electrons. The van der Waals surface area contributed by atoms with Crippen LogP contribution in [0.5, 0.6) is 5.75 Å². The van der Waals surface area contributed by atoms with Gasteiger partial charge in [-0.3, -0.25) is 4.79 Å². The number of hydrogen-bond donors (Lipinski definition) is 1. The number of carbonyl (C=O) groups excluding carboxylic acids is 1. The lowest BCUT2D eigenvalue weighted by Gasteiger charge is -2.18. The minimum atomic E-state index is -0.170. The van der Waals surface area contributed by atoms with Crippen LogP contribution in [0.4, 0.5) is 11.4 Å². The van der Waals surface area contributed by atoms with Crippen molar-refractivity contribution < 1.29 is 9.53 Å². The molecule has 9 heteroatoms. The first-order valence-corrected chi connectivity index (χ1v) is 13.4. The molecule has 5 aromatic rings. The van der Waals surface area contributed by atoms with Gasteiger partial charge in [0.15, 0.2) is 6.61 Å². The number of aryl methyl sites for hydroxylation is 2. The molecule has 3 aromatic carbocycles. The molecule has 1 N–H and O–H groups in total. The van der Waals surface area contributed by atoms with E-state index in [0.717, 1.165) is 49.8 Å². The summed E-state index contributed by atoms with van der Waals surface area (Å²) in [7, 11) is 0. The van der Waals surface area contributed by atoms with Crippen molar-refractivity contribution in [1.29, 1.82) is 0 Å². The van der Waals surface area contributed by atoms with Crippen LogP contribution in [0.2, 0.25) is 0 Å². The molecular weight excluding hydrogens is 508 g/mol. The van der Waals surface area contributed by atoms with Gasteiger partial charge in [0.2, 0.25) is 4.80 Å². The van der Waals surface area contributed by atoms with Gasteiger partial charge in [-0.15, -0.1) is 11.3 Å². The molecule has 39 heavy (non-hydrogen) atoms. The highest BCUT2D eigenvalue weighted by atomic mass is 32.1. The zero-order valence-electron chi connectivity index (χ0n) is 21.8. The van der Waals surface area contributed by atoms with E-state index >= 15 is 0 Å². The van der Waals surface area contributed by atoms with Crippen LogP contribution >= 0.6 is 11.3 Å². The molecule has 8 nitrogen and oxygen atoms in total. The largest absolute Gasteiger partial charge is 0.482 e. The van der Waals surface area contributed by atoms with Gasteiger partial charge in [-0.25, -0.2) is 14.7 Å². The van der Waals surface area contributed by atoms with E-state index in [2.05, 4.69) is 48.4 Å². The Balaban J connectivity index is 1.48. The number of aromatic nitrogens is 3. The zero-order chi connectivity index (χ0) is 26.9. The molecular formula is C30H26N6O2S. The highest BCUT2D eigenvalue weighted by molar-refractivity contribution is 7.07. The van der Waals surface area contributed by atoms with Crippen LogP contribution in [-0.2, 0) is 4.79 Å². The van der Waals surface area contributed by atoms with Crippen molar-refractivity contribution in [3.8, 4) is 22.7 Å². The summed E-state index contributed by atoms with van der Waals surface area (Å²) in [6, 6.07) is 20.1. The Kier molecular flexibility index (Phi) is 6.42. The molecule has 1 aliphatic rings. The second-order valence-corrected chi connectivity index (χ2v) is 10.2. The van der Waals surface area contributed by atoms with E-state index in [1.54, 1.807) is 12.5 Å². The summed E-state index contributed by atoms with van der Waals surface area (Å²) in [6.45, 7) is 6.14. The van der Waals surface area contributed by atoms with E-state index in [1.807, 2.05) is 64.1 Å². The second-order valence-electron chi connectivity index (χ2n) is 9.32. The van der Waals surface area contributed by atoms with Gasteiger partial charge in [0.1, 0.15) is 5.75 Å². The molecule has 0 spiro atoms. The molecule has 0 saturated heterocycles. The van der Waals surface area contributed by atoms with Crippen molar-refractivity contribution in [3.63, 3.8) is 0 Å². The second kappa shape index (κ2) is 10.2. The number of nitrogens with zero attached hydrogens (tertiary/aromatic N) is 5. The molecule has 0 aliphatic carbocycles. The number of benzene rings is 3. The SMILES string of the molecule is CC(=Nn1c(-c2ccc3c(c2)NC(=O)CO3)csc1=Nc1c(C)cccc1C)c1ccc(-n2ccnc2)cc1. The van der Waals surface area contributed by atoms with Crippen LogP contribution in [0, 0.1) is 13.8 Å². The topological polar surface area (TPSA) is 85.8 Å². The molecule has 2 aromatic heterocycles. The van der Waals surface area contributed by atoms with Crippen LogP contribution < -0.4 is 14.9 Å². The molecule has 0 unspecified atom stereocenters. The first-order chi connectivity index (χ1) is 19.0. The van der Waals surface area contributed by atoms with E-state index in [4.69, 9.17) is 14.8 Å². The molecule has 0 bridgehead atoms. The van der Waals surface area contributed by atoms with Gasteiger partial charge in [-0.2, -0.15) is 5.10 Å². The van der Waals surface area contributed by atoms with E-state index in [0.29, 0.717) is 11.4 Å². The molecule has 1 aliphatic heterocycles. The Morgan fingerprint density at radius 1 is 1.08 bits per heavy atom. The van der Waals surface area contributed by atoms with Crippen LogP contribution in [0.25, 0.3) is 16.9 Å². The summed E-state index contributed by atoms with van der Waals surface area (Å²) in [4.78, 5) is 21.9. The number of amides is 1. The Hall–Kier alpha value is -4.76. The van der Waals surface area contributed by atoms with Crippen molar-refractivity contribution in [2.45, 2.75) is 20.8 Å². The quantitative estimate of drug-likeness (QED) is 0.287. The lowest BCUT2D eigenvalue weighted by atomic mass is 10.1. The third-order valence-electron chi connectivity index (χ3n) is 6.58. The van der Waals surface area contributed by atoms with Gasteiger partial charge >= 0.3 is 0 Å². The van der Waals surface area contributed by atoms with Crippen LogP contribution in [0.3, 0.4) is 0 Å². The first kappa shape index (κ1) is 24.6. The lowest BCUT2D eigenvalue weighted by Crippen LogP contribution is -2.25. The predicted molar refractivity (Wildman–Crippen MR) is 154 cm³/mol. The maximum atomic E-state index is 11.9. The number of para-hydroxylation sites is 1. The highest BCUT2D eigenvalue weighted by Gasteiger charge is 2.18. The van der Waals surface area contributed by atoms with E-state index in [-0.39, 0.29) is 12.5 Å². The van der Waals surface area contributed by atoms with Gasteiger partial charge < -0.3 is 14.6 Å². The first-order valence-electron chi connectivity index (χ1n) is 12.5. The lowest BCUT2D eigenvalue weighted by molar-refractivity contribution is -0.118. The van der Waals surface area contributed by atoms with Crippen molar-refractivity contribution in [1.82, 2.24) is 14.2 Å². The van der Waals surface area contributed by atoms with Crippen LogP contribution in [0.1, 0.15) is 23.6 Å². The average Bonchev–Trinajstić information content (AvgIpc) is 3.61. The molecule has 3 heterocycles. The number of rotatable bonds is 5. The zero-order valence-corrected chi connectivity index (χ0v) is 22.6. The normalized spacial score (nSPS) is 13.7. The van der Waals surface area contributed by atoms with Gasteiger partial charge in [-0.05, 0) is 67.8 Å². The van der Waals surface area contributed by atoms with Crippen molar-refractivity contribution in [3.05, 3.63) is 106 Å². The standard InChI is InChI=1S/C30H26N6O2S/c1-19-5-4-6-20(2)29(19)33-30-36(34-21(3)22-7-10-24(11-8-22)35-14-13-31-18-35)26(17-39-30)23-9-12-27-25(15-23)32-28(37)16-38-27/h4-15,17-18H,16H2,1-3H3,(H,32,37). The Bertz CT molecular complexity index is 1760. The molecule has 0 fully saturated rings. The number of fused-ring (bicyclic) bond motifs is 1. The predicted octanol–water partition coefficient (Wildman–Crippen LogP) is 5.85. The molecule has 0 atom stereocenters. The number of thiazole rings is 1. The van der Waals surface area contributed by atoms with Gasteiger partial charge in [0, 0.05) is 29.0 Å². The Morgan fingerprint density at radius 2 is 1.87 bits per heavy atom. The van der Waals surface area contributed by atoms with E-state index in [9.17, 15) is 4.79 Å². The monoisotopic (exact) mass is 534 g/mol. The minimum absolute atomic E-state index is 0.0206. The molecule has 6 rings (SSSR count). The Morgan fingerprint density at radius 3 is 2.62 bits per heavy atom. The summed E-state index contributed by atoms with van der Waals surface area (Å²) in [5, 5.41) is 9.99. The summed E-state index contributed by atoms with van der Waals surface area (Å²) in [6.07, 6.45) is 5.45. The van der Waals surface area contributed by atoms with Crippen LogP contribution in [0.15, 0.2) is 94.9 Å². The van der Waals surface area contributed by atoms with Crippen molar-refractivity contribution in [2.75, 3.05) is 11.9 Å². The summed E-state index contributed by atoms with van der Waals surface area (Å²) in [5.41, 5.74) is 8.39. The van der Waals surface area contributed by atoms with Crippen molar-refractivity contribution >= 4 is 34.3 Å². The number of carbonyl (C=O) groups is 1. The average molecular weight is 535 g/mol. The third-order valence-corrected chi connectivity index (χ3v) is 7.39. The van der Waals surface area contributed by atoms with Crippen molar-refractivity contribution in [2.24, 2.45) is 10.1 Å². The number of hydrogen-bond acceptors (Lipinski definition) is 6. The van der Waals surface area contributed by atoms with Gasteiger partial charge in [-0.1, -0.05) is 30.3 Å². The summed E-state index contributed by atoms with van der Waals surface area (Å²) in [5.74, 6) is 0.481. The Labute approximate surface area is 229 Å².